The highest BCUT2D eigenvalue weighted by atomic mass is 16.5. The summed E-state index contributed by atoms with van der Waals surface area (Å²) in [7, 11) is 4.57. The van der Waals surface area contributed by atoms with Crippen LogP contribution < -0.4 is 19.3 Å². The summed E-state index contributed by atoms with van der Waals surface area (Å²) < 4.78 is 14.2. The number of anilines is 2. The summed E-state index contributed by atoms with van der Waals surface area (Å²) >= 11 is 0. The van der Waals surface area contributed by atoms with Crippen LogP contribution in [0.1, 0.15) is 70.2 Å². The average molecular weight is 659 g/mol. The third kappa shape index (κ3) is 3.65. The molecular weight excluding hydrogens is 617 g/mol. The Morgan fingerprint density at radius 3 is 1.32 bits per heavy atom. The number of hydrogen-bond donors (Lipinski definition) is 0. The molecule has 2 fully saturated rings. The third-order valence-electron chi connectivity index (χ3n) is 12.7. The number of hydrogen-bond acceptors (Lipinski definition) is 6. The van der Waals surface area contributed by atoms with Crippen LogP contribution >= 0.6 is 0 Å². The van der Waals surface area contributed by atoms with Crippen LogP contribution in [0.3, 0.4) is 0 Å². The molecule has 6 aliphatic heterocycles. The predicted octanol–water partition coefficient (Wildman–Crippen LogP) is 8.57. The maximum absolute atomic E-state index is 7.08. The molecular formula is C44H42N4O2. The first-order chi connectivity index (χ1) is 24.6. The minimum absolute atomic E-state index is 0.504. The topological polar surface area (TPSA) is 31.4 Å². The first-order valence-electron chi connectivity index (χ1n) is 18.5. The monoisotopic (exact) mass is 658 g/mol. The van der Waals surface area contributed by atoms with E-state index < -0.39 is 11.1 Å². The number of fused-ring (bicyclic) bond motifs is 12. The second kappa shape index (κ2) is 10.4. The average Bonchev–Trinajstić information content (AvgIpc) is 3.96. The van der Waals surface area contributed by atoms with Gasteiger partial charge in [-0.2, -0.15) is 0 Å². The van der Waals surface area contributed by atoms with Crippen LogP contribution in [0, 0.1) is 0 Å². The molecule has 11 rings (SSSR count). The highest BCUT2D eigenvalue weighted by Gasteiger charge is 2.56. The molecule has 2 saturated heterocycles. The van der Waals surface area contributed by atoms with Crippen LogP contribution in [0.4, 0.5) is 11.4 Å². The van der Waals surface area contributed by atoms with Gasteiger partial charge in [0.15, 0.2) is 0 Å². The zero-order valence-corrected chi connectivity index (χ0v) is 28.9. The quantitative estimate of drug-likeness (QED) is 0.189. The summed E-state index contributed by atoms with van der Waals surface area (Å²) in [5.74, 6) is 3.63. The molecule has 2 spiro atoms. The zero-order chi connectivity index (χ0) is 33.2. The van der Waals surface area contributed by atoms with E-state index in [0.29, 0.717) is 0 Å². The first-order valence-corrected chi connectivity index (χ1v) is 18.5. The maximum atomic E-state index is 7.08. The predicted molar refractivity (Wildman–Crippen MR) is 198 cm³/mol. The molecule has 0 bridgehead atoms. The van der Waals surface area contributed by atoms with E-state index in [0.717, 1.165) is 62.3 Å². The van der Waals surface area contributed by atoms with Gasteiger partial charge in [0, 0.05) is 91.1 Å². The lowest BCUT2D eigenvalue weighted by molar-refractivity contribution is 0.194. The molecule has 6 nitrogen and oxygen atoms in total. The van der Waals surface area contributed by atoms with E-state index in [-0.39, 0.29) is 0 Å². The fourth-order valence-corrected chi connectivity index (χ4v) is 10.5. The van der Waals surface area contributed by atoms with E-state index in [1.54, 1.807) is 0 Å². The van der Waals surface area contributed by atoms with E-state index in [9.17, 15) is 0 Å². The molecule has 5 aromatic rings. The Morgan fingerprint density at radius 2 is 0.860 bits per heavy atom. The number of ether oxygens (including phenoxy) is 2. The van der Waals surface area contributed by atoms with E-state index >= 15 is 0 Å². The minimum Gasteiger partial charge on any atom is -0.456 e. The summed E-state index contributed by atoms with van der Waals surface area (Å²) in [6.45, 7) is 6.13. The Morgan fingerprint density at radius 1 is 0.440 bits per heavy atom. The van der Waals surface area contributed by atoms with Gasteiger partial charge in [-0.25, -0.2) is 0 Å². The molecule has 6 heteroatoms. The van der Waals surface area contributed by atoms with Crippen molar-refractivity contribution in [2.45, 2.75) is 49.9 Å². The van der Waals surface area contributed by atoms with Crippen molar-refractivity contribution in [2.75, 3.05) is 50.1 Å². The molecule has 5 aromatic carbocycles. The van der Waals surface area contributed by atoms with Crippen LogP contribution in [-0.4, -0.2) is 50.1 Å². The van der Waals surface area contributed by atoms with Crippen LogP contribution in [0.5, 0.6) is 23.0 Å². The molecule has 6 aliphatic rings. The zero-order valence-electron chi connectivity index (χ0n) is 28.9. The van der Waals surface area contributed by atoms with Gasteiger partial charge in [0.05, 0.1) is 0 Å². The van der Waals surface area contributed by atoms with Gasteiger partial charge < -0.3 is 19.3 Å². The highest BCUT2D eigenvalue weighted by Crippen LogP contribution is 2.63. The van der Waals surface area contributed by atoms with Gasteiger partial charge in [0.1, 0.15) is 34.1 Å². The lowest BCUT2D eigenvalue weighted by atomic mass is 9.70. The smallest absolute Gasteiger partial charge is 0.136 e. The van der Waals surface area contributed by atoms with Crippen molar-refractivity contribution in [2.24, 2.45) is 0 Å². The molecule has 2 unspecified atom stereocenters. The van der Waals surface area contributed by atoms with E-state index in [2.05, 4.69) is 131 Å². The summed E-state index contributed by atoms with van der Waals surface area (Å²) in [5.41, 5.74) is 11.7. The lowest BCUT2D eigenvalue weighted by Crippen LogP contribution is -2.45. The van der Waals surface area contributed by atoms with Gasteiger partial charge in [-0.05, 0) is 80.2 Å². The van der Waals surface area contributed by atoms with Gasteiger partial charge in [-0.15, -0.1) is 0 Å². The molecule has 250 valence electrons. The van der Waals surface area contributed by atoms with E-state index in [1.165, 1.54) is 81.6 Å². The first kappa shape index (κ1) is 29.0. The van der Waals surface area contributed by atoms with Crippen LogP contribution in [-0.2, 0) is 24.2 Å². The van der Waals surface area contributed by atoms with Crippen LogP contribution in [0.25, 0.3) is 0 Å². The second-order valence-electron chi connectivity index (χ2n) is 15.2. The SMILES string of the molecule is CN1Cc2ccccc2C12c1ccc(N3CCCC3)cc1Oc1cc3c(cc12)C1(c2ccccc2CN1C)c1ccc(N2CCCC2)cc1O3. The number of benzene rings is 5. The second-order valence-corrected chi connectivity index (χ2v) is 15.2. The summed E-state index contributed by atoms with van der Waals surface area (Å²) in [5, 5.41) is 0. The third-order valence-corrected chi connectivity index (χ3v) is 12.7. The molecule has 6 heterocycles. The van der Waals surface area contributed by atoms with Crippen LogP contribution in [0.15, 0.2) is 97.1 Å². The van der Waals surface area contributed by atoms with Gasteiger partial charge in [-0.3, -0.25) is 9.80 Å². The largest absolute Gasteiger partial charge is 0.456 e. The van der Waals surface area contributed by atoms with Gasteiger partial charge >= 0.3 is 0 Å². The van der Waals surface area contributed by atoms with Crippen molar-refractivity contribution in [3.8, 4) is 23.0 Å². The standard InChI is InChI=1S/C44H42N4O2/c1-45-27-29-11-3-5-13-33(29)43(45)35-17-15-31(47-19-7-8-20-47)23-39(35)49-41-26-42-38(25-37(41)43)44(34-14-6-4-12-30(34)28-46(44)2)36-18-16-32(24-40(36)50-42)48-21-9-10-22-48/h3-6,11-18,23-26H,7-10,19-22,27-28H2,1-2H3. The van der Waals surface area contributed by atoms with Crippen molar-refractivity contribution < 1.29 is 9.47 Å². The summed E-state index contributed by atoms with van der Waals surface area (Å²) in [6.07, 6.45) is 4.96. The number of rotatable bonds is 2. The molecule has 0 amide bonds. The van der Waals surface area contributed by atoms with Gasteiger partial charge in [0.2, 0.25) is 0 Å². The molecule has 2 atom stereocenters. The van der Waals surface area contributed by atoms with Crippen molar-refractivity contribution in [3.63, 3.8) is 0 Å². The Balaban J connectivity index is 1.18. The maximum Gasteiger partial charge on any atom is 0.136 e. The Hall–Kier alpha value is -4.78. The molecule has 0 radical (unpaired) electrons. The summed E-state index contributed by atoms with van der Waals surface area (Å²) in [6, 6.07) is 36.6. The van der Waals surface area contributed by atoms with Gasteiger partial charge in [-0.1, -0.05) is 60.7 Å². The lowest BCUT2D eigenvalue weighted by Gasteiger charge is -2.47. The fraction of sp³-hybridized carbons (Fsp3) is 0.318. The molecule has 0 saturated carbocycles. The van der Waals surface area contributed by atoms with Crippen molar-refractivity contribution >= 4 is 11.4 Å². The Labute approximate surface area is 294 Å². The molecule has 0 N–H and O–H groups in total. The van der Waals surface area contributed by atoms with E-state index in [1.807, 2.05) is 0 Å². The normalized spacial score (nSPS) is 24.4. The van der Waals surface area contributed by atoms with Crippen molar-refractivity contribution in [1.29, 1.82) is 0 Å². The highest BCUT2D eigenvalue weighted by molar-refractivity contribution is 5.75. The molecule has 0 aromatic heterocycles. The van der Waals surface area contributed by atoms with Gasteiger partial charge in [0.25, 0.3) is 0 Å². The summed E-state index contributed by atoms with van der Waals surface area (Å²) in [4.78, 5) is 10.1. The Bertz CT molecular complexity index is 2070. The Kier molecular flexibility index (Phi) is 6.02. The molecule has 0 aliphatic carbocycles. The number of nitrogens with zero attached hydrogens (tertiary/aromatic N) is 4. The van der Waals surface area contributed by atoms with Crippen LogP contribution in [0.2, 0.25) is 0 Å². The van der Waals surface area contributed by atoms with Crippen molar-refractivity contribution in [3.05, 3.63) is 142 Å². The minimum atomic E-state index is -0.504. The van der Waals surface area contributed by atoms with E-state index in [4.69, 9.17) is 9.47 Å². The molecule has 50 heavy (non-hydrogen) atoms. The fourth-order valence-electron chi connectivity index (χ4n) is 10.5. The van der Waals surface area contributed by atoms with Crippen molar-refractivity contribution in [1.82, 2.24) is 9.80 Å².